The lowest BCUT2D eigenvalue weighted by molar-refractivity contribution is -0.217. The molecule has 0 N–H and O–H groups in total. The highest BCUT2D eigenvalue weighted by Gasteiger charge is 2.11. The summed E-state index contributed by atoms with van der Waals surface area (Å²) < 4.78 is 4.70. The Bertz CT molecular complexity index is 360. The molecule has 1 rings (SSSR count). The highest BCUT2D eigenvalue weighted by Crippen LogP contribution is 2.12. The van der Waals surface area contributed by atoms with E-state index < -0.39 is 5.97 Å². The number of benzene rings is 1. The average molecular weight is 223 g/mol. The summed E-state index contributed by atoms with van der Waals surface area (Å²) in [5.74, 6) is -0.509. The van der Waals surface area contributed by atoms with Crippen LogP contribution in [0.25, 0.3) is 0 Å². The van der Waals surface area contributed by atoms with Crippen LogP contribution in [-0.4, -0.2) is 19.7 Å². The monoisotopic (exact) mass is 223 g/mol. The SMILES string of the molecule is COC[CH]OOC(=O)c1ccc(C)cc1C. The largest absolute Gasteiger partial charge is 0.382 e. The molecule has 1 aromatic rings. The Morgan fingerprint density at radius 2 is 2.12 bits per heavy atom. The summed E-state index contributed by atoms with van der Waals surface area (Å²) >= 11 is 0. The van der Waals surface area contributed by atoms with Crippen LogP contribution in [0, 0.1) is 20.5 Å². The highest BCUT2D eigenvalue weighted by atomic mass is 17.2. The van der Waals surface area contributed by atoms with E-state index in [2.05, 4.69) is 9.78 Å². The second-order valence-electron chi connectivity index (χ2n) is 3.41. The number of rotatable bonds is 5. The summed E-state index contributed by atoms with van der Waals surface area (Å²) in [5, 5.41) is 0. The fourth-order valence-electron chi connectivity index (χ4n) is 1.26. The lowest BCUT2D eigenvalue weighted by Gasteiger charge is -2.05. The molecule has 0 heterocycles. The Morgan fingerprint density at radius 1 is 1.38 bits per heavy atom. The van der Waals surface area contributed by atoms with E-state index in [0.29, 0.717) is 5.56 Å². The van der Waals surface area contributed by atoms with Crippen LogP contribution in [0.4, 0.5) is 0 Å². The van der Waals surface area contributed by atoms with Crippen LogP contribution < -0.4 is 0 Å². The molecule has 1 radical (unpaired) electrons. The fraction of sp³-hybridized carbons (Fsp3) is 0.333. The van der Waals surface area contributed by atoms with Gasteiger partial charge in [-0.15, -0.1) is 0 Å². The van der Waals surface area contributed by atoms with Gasteiger partial charge in [-0.25, -0.2) is 4.79 Å². The first-order valence-electron chi connectivity index (χ1n) is 4.90. The molecule has 1 aromatic carbocycles. The molecule has 0 amide bonds. The van der Waals surface area contributed by atoms with Gasteiger partial charge in [-0.2, -0.15) is 4.89 Å². The van der Waals surface area contributed by atoms with E-state index in [1.165, 1.54) is 13.7 Å². The van der Waals surface area contributed by atoms with Crippen LogP contribution in [0.15, 0.2) is 18.2 Å². The van der Waals surface area contributed by atoms with E-state index in [0.717, 1.165) is 11.1 Å². The van der Waals surface area contributed by atoms with Crippen molar-refractivity contribution >= 4 is 5.97 Å². The molecular weight excluding hydrogens is 208 g/mol. The standard InChI is InChI=1S/C12H15O4/c1-9-4-5-11(10(2)8-9)12(13)16-15-7-6-14-3/h4-5,7-8H,6H2,1-3H3. The topological polar surface area (TPSA) is 44.8 Å². The van der Waals surface area contributed by atoms with Gasteiger partial charge in [-0.3, -0.25) is 4.89 Å². The molecule has 0 aromatic heterocycles. The number of methoxy groups -OCH3 is 1. The molecule has 4 nitrogen and oxygen atoms in total. The number of hydrogen-bond donors (Lipinski definition) is 0. The minimum Gasteiger partial charge on any atom is -0.382 e. The molecule has 0 saturated heterocycles. The molecule has 0 bridgehead atoms. The van der Waals surface area contributed by atoms with Crippen molar-refractivity contribution < 1.29 is 19.3 Å². The van der Waals surface area contributed by atoms with Gasteiger partial charge in [0, 0.05) is 7.11 Å². The molecule has 4 heteroatoms. The van der Waals surface area contributed by atoms with Crippen LogP contribution in [0.1, 0.15) is 21.5 Å². The lowest BCUT2D eigenvalue weighted by Crippen LogP contribution is -2.08. The van der Waals surface area contributed by atoms with E-state index in [1.807, 2.05) is 26.0 Å². The maximum absolute atomic E-state index is 11.5. The van der Waals surface area contributed by atoms with Crippen molar-refractivity contribution in [2.75, 3.05) is 13.7 Å². The van der Waals surface area contributed by atoms with Gasteiger partial charge in [0.15, 0.2) is 6.61 Å². The van der Waals surface area contributed by atoms with E-state index >= 15 is 0 Å². The van der Waals surface area contributed by atoms with Crippen molar-refractivity contribution in [3.05, 3.63) is 41.5 Å². The Labute approximate surface area is 95.1 Å². The van der Waals surface area contributed by atoms with Gasteiger partial charge in [0.2, 0.25) is 0 Å². The van der Waals surface area contributed by atoms with Crippen molar-refractivity contribution in [1.29, 1.82) is 0 Å². The highest BCUT2D eigenvalue weighted by molar-refractivity contribution is 5.90. The molecule has 0 aliphatic rings. The van der Waals surface area contributed by atoms with Gasteiger partial charge in [-0.05, 0) is 25.5 Å². The lowest BCUT2D eigenvalue weighted by atomic mass is 10.1. The summed E-state index contributed by atoms with van der Waals surface area (Å²) in [4.78, 5) is 20.7. The second-order valence-corrected chi connectivity index (χ2v) is 3.41. The first kappa shape index (κ1) is 12.7. The summed E-state index contributed by atoms with van der Waals surface area (Å²) in [6, 6.07) is 5.48. The van der Waals surface area contributed by atoms with Gasteiger partial charge in [0.05, 0.1) is 12.2 Å². The van der Waals surface area contributed by atoms with Crippen LogP contribution in [-0.2, 0) is 14.5 Å². The van der Waals surface area contributed by atoms with Crippen molar-refractivity contribution in [1.82, 2.24) is 0 Å². The second kappa shape index (κ2) is 6.25. The summed E-state index contributed by atoms with van der Waals surface area (Å²) in [6.45, 7) is 5.34. The van der Waals surface area contributed by atoms with Crippen LogP contribution in [0.5, 0.6) is 0 Å². The van der Waals surface area contributed by atoms with Crippen LogP contribution >= 0.6 is 0 Å². The number of carbonyl (C=O) groups is 1. The van der Waals surface area contributed by atoms with Gasteiger partial charge >= 0.3 is 5.97 Å². The quantitative estimate of drug-likeness (QED) is 0.436. The van der Waals surface area contributed by atoms with Crippen LogP contribution in [0.3, 0.4) is 0 Å². The minimum absolute atomic E-state index is 0.264. The number of hydrogen-bond acceptors (Lipinski definition) is 4. The molecular formula is C12H15O4. The third-order valence-corrected chi connectivity index (χ3v) is 2.03. The number of aryl methyl sites for hydroxylation is 2. The fourth-order valence-corrected chi connectivity index (χ4v) is 1.26. The van der Waals surface area contributed by atoms with E-state index in [4.69, 9.17) is 4.74 Å². The summed E-state index contributed by atoms with van der Waals surface area (Å²) in [5.41, 5.74) is 2.46. The zero-order valence-electron chi connectivity index (χ0n) is 9.65. The summed E-state index contributed by atoms with van der Waals surface area (Å²) in [7, 11) is 1.52. The zero-order chi connectivity index (χ0) is 12.0. The van der Waals surface area contributed by atoms with Gasteiger partial charge in [-0.1, -0.05) is 17.7 Å². The van der Waals surface area contributed by atoms with Crippen molar-refractivity contribution in [3.63, 3.8) is 0 Å². The maximum atomic E-state index is 11.5. The Morgan fingerprint density at radius 3 is 2.75 bits per heavy atom. The van der Waals surface area contributed by atoms with Gasteiger partial charge in [0.25, 0.3) is 0 Å². The van der Waals surface area contributed by atoms with Crippen molar-refractivity contribution in [2.24, 2.45) is 0 Å². The first-order valence-corrected chi connectivity index (χ1v) is 4.90. The number of carbonyl (C=O) groups excluding carboxylic acids is 1. The van der Waals surface area contributed by atoms with Crippen LogP contribution in [0.2, 0.25) is 0 Å². The molecule has 0 aliphatic carbocycles. The van der Waals surface area contributed by atoms with E-state index in [1.54, 1.807) is 6.07 Å². The molecule has 87 valence electrons. The molecule has 0 saturated carbocycles. The van der Waals surface area contributed by atoms with E-state index in [-0.39, 0.29) is 6.61 Å². The third kappa shape index (κ3) is 3.64. The van der Waals surface area contributed by atoms with Gasteiger partial charge < -0.3 is 4.74 Å². The number of ether oxygens (including phenoxy) is 1. The maximum Gasteiger partial charge on any atom is 0.373 e. The first-order chi connectivity index (χ1) is 7.65. The zero-order valence-corrected chi connectivity index (χ0v) is 9.65. The van der Waals surface area contributed by atoms with Gasteiger partial charge in [0.1, 0.15) is 0 Å². The molecule has 0 unspecified atom stereocenters. The molecule has 16 heavy (non-hydrogen) atoms. The Balaban J connectivity index is 2.53. The Hall–Kier alpha value is -1.39. The molecule has 0 spiro atoms. The Kier molecular flexibility index (Phi) is 4.95. The van der Waals surface area contributed by atoms with Crippen molar-refractivity contribution in [2.45, 2.75) is 13.8 Å². The minimum atomic E-state index is -0.509. The van der Waals surface area contributed by atoms with E-state index in [9.17, 15) is 4.79 Å². The van der Waals surface area contributed by atoms with Crippen molar-refractivity contribution in [3.8, 4) is 0 Å². The molecule has 0 atom stereocenters. The average Bonchev–Trinajstić information content (AvgIpc) is 2.24. The smallest absolute Gasteiger partial charge is 0.373 e. The summed E-state index contributed by atoms with van der Waals surface area (Å²) in [6.07, 6.45) is 0. The predicted molar refractivity (Wildman–Crippen MR) is 58.6 cm³/mol. The molecule has 0 fully saturated rings. The predicted octanol–water partition coefficient (Wildman–Crippen LogP) is 2.20. The third-order valence-electron chi connectivity index (χ3n) is 2.03. The molecule has 0 aliphatic heterocycles. The normalized spacial score (nSPS) is 10.2.